The fraction of sp³-hybridized carbons (Fsp3) is 0.833. The fourth-order valence-electron chi connectivity index (χ4n) is 2.51. The maximum atomic E-state index is 3.46. The van der Waals surface area contributed by atoms with E-state index >= 15 is 0 Å². The average molecular weight is 179 g/mol. The van der Waals surface area contributed by atoms with E-state index in [2.05, 4.69) is 17.5 Å². The Hall–Kier alpha value is -0.300. The van der Waals surface area contributed by atoms with Crippen LogP contribution in [-0.2, 0) is 0 Å². The van der Waals surface area contributed by atoms with Gasteiger partial charge in [0.15, 0.2) is 0 Å². The molecule has 1 nitrogen and oxygen atoms in total. The van der Waals surface area contributed by atoms with Crippen molar-refractivity contribution in [3.05, 3.63) is 12.2 Å². The molecule has 1 aliphatic carbocycles. The highest BCUT2D eigenvalue weighted by Gasteiger charge is 2.13. The normalized spacial score (nSPS) is 31.5. The Morgan fingerprint density at radius 3 is 2.23 bits per heavy atom. The van der Waals surface area contributed by atoms with Crippen LogP contribution in [0.2, 0.25) is 0 Å². The van der Waals surface area contributed by atoms with Crippen molar-refractivity contribution in [1.29, 1.82) is 0 Å². The van der Waals surface area contributed by atoms with E-state index in [9.17, 15) is 0 Å². The van der Waals surface area contributed by atoms with Crippen LogP contribution in [0.4, 0.5) is 0 Å². The third-order valence-electron chi connectivity index (χ3n) is 3.39. The minimum atomic E-state index is 0.828. The zero-order valence-electron chi connectivity index (χ0n) is 8.47. The monoisotopic (exact) mass is 179 g/mol. The van der Waals surface area contributed by atoms with Crippen molar-refractivity contribution in [2.75, 3.05) is 13.1 Å². The molecule has 1 N–H and O–H groups in total. The smallest absolute Gasteiger partial charge is 0.00142 e. The first-order chi connectivity index (χ1) is 6.45. The Balaban J connectivity index is 1.74. The summed E-state index contributed by atoms with van der Waals surface area (Å²) in [7, 11) is 0. The van der Waals surface area contributed by atoms with Gasteiger partial charge in [0.25, 0.3) is 0 Å². The van der Waals surface area contributed by atoms with E-state index in [1.807, 2.05) is 0 Å². The molecule has 13 heavy (non-hydrogen) atoms. The van der Waals surface area contributed by atoms with Gasteiger partial charge in [-0.05, 0) is 44.1 Å². The van der Waals surface area contributed by atoms with Gasteiger partial charge in [-0.15, -0.1) is 0 Å². The van der Waals surface area contributed by atoms with Gasteiger partial charge >= 0.3 is 0 Å². The van der Waals surface area contributed by atoms with Gasteiger partial charge in [-0.3, -0.25) is 0 Å². The molecule has 2 rings (SSSR count). The molecule has 0 bridgehead atoms. The third kappa shape index (κ3) is 2.84. The first-order valence-electron chi connectivity index (χ1n) is 5.84. The molecule has 0 spiro atoms. The number of hydrogen-bond donors (Lipinski definition) is 1. The van der Waals surface area contributed by atoms with Crippen molar-refractivity contribution in [2.45, 2.75) is 38.5 Å². The lowest BCUT2D eigenvalue weighted by molar-refractivity contribution is 0.436. The molecule has 1 heteroatoms. The maximum Gasteiger partial charge on any atom is 0.00142 e. The lowest BCUT2D eigenvalue weighted by Gasteiger charge is -2.19. The molecule has 2 fully saturated rings. The quantitative estimate of drug-likeness (QED) is 0.643. The molecule has 1 saturated heterocycles. The predicted molar refractivity (Wildman–Crippen MR) is 56.7 cm³/mol. The lowest BCUT2D eigenvalue weighted by atomic mass is 9.97. The van der Waals surface area contributed by atoms with Crippen molar-refractivity contribution in [1.82, 2.24) is 5.32 Å². The molecule has 1 heterocycles. The zero-order valence-corrected chi connectivity index (χ0v) is 8.47. The van der Waals surface area contributed by atoms with Crippen LogP contribution in [0.5, 0.6) is 0 Å². The summed E-state index contributed by atoms with van der Waals surface area (Å²) in [6.45, 7) is 2.44. The summed E-state index contributed by atoms with van der Waals surface area (Å²) >= 11 is 0. The molecular formula is C12H21N. The van der Waals surface area contributed by atoms with Crippen molar-refractivity contribution >= 4 is 0 Å². The summed E-state index contributed by atoms with van der Waals surface area (Å²) in [6.07, 6.45) is 13.5. The number of piperidine rings is 1. The fourth-order valence-corrected chi connectivity index (χ4v) is 2.51. The first kappa shape index (κ1) is 9.26. The second-order valence-electron chi connectivity index (χ2n) is 4.54. The van der Waals surface area contributed by atoms with Gasteiger partial charge in [0.05, 0.1) is 0 Å². The SMILES string of the molecule is C(=C\C1CCCNC1)/C1CCCC1. The number of nitrogens with one attached hydrogen (secondary N) is 1. The van der Waals surface area contributed by atoms with E-state index in [4.69, 9.17) is 0 Å². The van der Waals surface area contributed by atoms with Gasteiger partial charge < -0.3 is 5.32 Å². The molecule has 0 aromatic carbocycles. The van der Waals surface area contributed by atoms with E-state index in [0.29, 0.717) is 0 Å². The number of rotatable bonds is 2. The molecule has 1 atom stereocenters. The molecule has 0 amide bonds. The molecular weight excluding hydrogens is 158 g/mol. The van der Waals surface area contributed by atoms with Crippen molar-refractivity contribution in [2.24, 2.45) is 11.8 Å². The van der Waals surface area contributed by atoms with E-state index in [1.54, 1.807) is 0 Å². The van der Waals surface area contributed by atoms with Crippen LogP contribution in [0, 0.1) is 11.8 Å². The molecule has 1 aliphatic heterocycles. The summed E-state index contributed by atoms with van der Waals surface area (Å²) in [4.78, 5) is 0. The summed E-state index contributed by atoms with van der Waals surface area (Å²) in [5.41, 5.74) is 0. The van der Waals surface area contributed by atoms with Gasteiger partial charge in [0.2, 0.25) is 0 Å². The van der Waals surface area contributed by atoms with Crippen LogP contribution in [0.25, 0.3) is 0 Å². The molecule has 0 radical (unpaired) electrons. The average Bonchev–Trinajstić information content (AvgIpc) is 2.69. The Morgan fingerprint density at radius 1 is 0.846 bits per heavy atom. The lowest BCUT2D eigenvalue weighted by Crippen LogP contribution is -2.28. The molecule has 0 aromatic rings. The second-order valence-corrected chi connectivity index (χ2v) is 4.54. The van der Waals surface area contributed by atoms with Crippen LogP contribution in [0.1, 0.15) is 38.5 Å². The van der Waals surface area contributed by atoms with Crippen molar-refractivity contribution in [3.63, 3.8) is 0 Å². The summed E-state index contributed by atoms with van der Waals surface area (Å²) < 4.78 is 0. The zero-order chi connectivity index (χ0) is 8.93. The number of hydrogen-bond acceptors (Lipinski definition) is 1. The Kier molecular flexibility index (Phi) is 3.42. The van der Waals surface area contributed by atoms with Gasteiger partial charge in [-0.25, -0.2) is 0 Å². The van der Waals surface area contributed by atoms with Crippen LogP contribution in [-0.4, -0.2) is 13.1 Å². The van der Waals surface area contributed by atoms with Gasteiger partial charge in [-0.2, -0.15) is 0 Å². The van der Waals surface area contributed by atoms with Gasteiger partial charge in [0.1, 0.15) is 0 Å². The minimum absolute atomic E-state index is 0.828. The Bertz CT molecular complexity index is 162. The number of allylic oxidation sites excluding steroid dienone is 1. The minimum Gasteiger partial charge on any atom is -0.316 e. The summed E-state index contributed by atoms with van der Waals surface area (Å²) in [5.74, 6) is 1.75. The Labute approximate surface area is 81.6 Å². The highest BCUT2D eigenvalue weighted by Crippen LogP contribution is 2.26. The van der Waals surface area contributed by atoms with Crippen LogP contribution in [0.15, 0.2) is 12.2 Å². The largest absolute Gasteiger partial charge is 0.316 e. The van der Waals surface area contributed by atoms with E-state index < -0.39 is 0 Å². The van der Waals surface area contributed by atoms with Crippen LogP contribution < -0.4 is 5.32 Å². The molecule has 74 valence electrons. The predicted octanol–water partition coefficient (Wildman–Crippen LogP) is 2.73. The topological polar surface area (TPSA) is 12.0 Å². The van der Waals surface area contributed by atoms with Crippen molar-refractivity contribution in [3.8, 4) is 0 Å². The summed E-state index contributed by atoms with van der Waals surface area (Å²) in [6, 6.07) is 0. The van der Waals surface area contributed by atoms with E-state index in [0.717, 1.165) is 11.8 Å². The molecule has 2 aliphatic rings. The first-order valence-corrected chi connectivity index (χ1v) is 5.84. The molecule has 1 saturated carbocycles. The molecule has 0 aromatic heterocycles. The van der Waals surface area contributed by atoms with Gasteiger partial charge in [0, 0.05) is 6.54 Å². The Morgan fingerprint density at radius 2 is 1.54 bits per heavy atom. The highest BCUT2D eigenvalue weighted by molar-refractivity contribution is 4.96. The van der Waals surface area contributed by atoms with E-state index in [-0.39, 0.29) is 0 Å². The highest BCUT2D eigenvalue weighted by atomic mass is 14.9. The molecule has 1 unspecified atom stereocenters. The maximum absolute atomic E-state index is 3.46. The van der Waals surface area contributed by atoms with Crippen LogP contribution in [0.3, 0.4) is 0 Å². The van der Waals surface area contributed by atoms with Crippen molar-refractivity contribution < 1.29 is 0 Å². The third-order valence-corrected chi connectivity index (χ3v) is 3.39. The summed E-state index contributed by atoms with van der Waals surface area (Å²) in [5, 5.41) is 3.46. The second kappa shape index (κ2) is 4.80. The van der Waals surface area contributed by atoms with E-state index in [1.165, 1.54) is 51.6 Å². The standard InChI is InChI=1S/C12H21N/c1-2-5-11(4-1)7-8-12-6-3-9-13-10-12/h7-8,11-13H,1-6,9-10H2/b8-7+. The van der Waals surface area contributed by atoms with Crippen LogP contribution >= 0.6 is 0 Å². The van der Waals surface area contributed by atoms with Gasteiger partial charge in [-0.1, -0.05) is 25.0 Å².